The summed E-state index contributed by atoms with van der Waals surface area (Å²) in [6.07, 6.45) is -2.37. The predicted molar refractivity (Wildman–Crippen MR) is 144 cm³/mol. The van der Waals surface area contributed by atoms with E-state index in [9.17, 15) is 19.2 Å². The van der Waals surface area contributed by atoms with Crippen LogP contribution in [-0.2, 0) is 23.7 Å². The Bertz CT molecular complexity index is 858. The summed E-state index contributed by atoms with van der Waals surface area (Å²) < 4.78 is 21.5. The summed E-state index contributed by atoms with van der Waals surface area (Å²) in [6.45, 7) is 22.2. The van der Waals surface area contributed by atoms with Crippen LogP contribution in [0.1, 0.15) is 96.4 Å². The van der Waals surface area contributed by atoms with Crippen LogP contribution in [0.3, 0.4) is 0 Å². The Balaban J connectivity index is 6.00. The van der Waals surface area contributed by atoms with Gasteiger partial charge in [0.05, 0.1) is 0 Å². The number of hydrogen-bond donors (Lipinski definition) is 2. The van der Waals surface area contributed by atoms with Crippen LogP contribution in [0.15, 0.2) is 4.99 Å². The van der Waals surface area contributed by atoms with Gasteiger partial charge in [0.1, 0.15) is 28.4 Å². The molecule has 0 spiro atoms. The molecule has 3 amide bonds. The molecule has 0 bridgehead atoms. The number of nitrogens with zero attached hydrogens (tertiary/aromatic N) is 2. The number of ether oxygens (including phenoxy) is 4. The normalized spacial score (nSPS) is 13.7. The minimum atomic E-state index is -1.10. The zero-order valence-corrected chi connectivity index (χ0v) is 25.4. The second-order valence-corrected chi connectivity index (χ2v) is 12.6. The van der Waals surface area contributed by atoms with Crippen LogP contribution in [0.5, 0.6) is 0 Å². The molecule has 1 atom stereocenters. The standard InChI is InChI=1S/C26H48N4O8/c1-14-30(22(34)38-26(11,12)13)19(29-21(33)37-25(8,9)10)27-16-15-17(18(31)35-23(2,3)4)28-20(32)36-24(5,6)7/h17H,14-16H2,1-13H3,(H,28,32)(H,27,29,33)/t17-/m0/s1. The fraction of sp³-hybridized carbons (Fsp3) is 0.808. The van der Waals surface area contributed by atoms with Crippen molar-refractivity contribution in [2.24, 2.45) is 4.99 Å². The zero-order chi connectivity index (χ0) is 30.1. The summed E-state index contributed by atoms with van der Waals surface area (Å²) in [7, 11) is 0. The monoisotopic (exact) mass is 544 g/mol. The lowest BCUT2D eigenvalue weighted by Crippen LogP contribution is -2.50. The Morgan fingerprint density at radius 2 is 1.16 bits per heavy atom. The lowest BCUT2D eigenvalue weighted by atomic mass is 10.1. The molecule has 0 aliphatic heterocycles. The molecule has 2 N–H and O–H groups in total. The van der Waals surface area contributed by atoms with Crippen molar-refractivity contribution >= 4 is 30.2 Å². The van der Waals surface area contributed by atoms with E-state index in [0.717, 1.165) is 4.90 Å². The number of carbonyl (C=O) groups excluding carboxylic acids is 4. The molecule has 0 aromatic carbocycles. The number of amides is 3. The van der Waals surface area contributed by atoms with Gasteiger partial charge in [0, 0.05) is 13.1 Å². The molecule has 0 aliphatic rings. The first kappa shape index (κ1) is 35.0. The Morgan fingerprint density at radius 1 is 0.711 bits per heavy atom. The minimum Gasteiger partial charge on any atom is -0.458 e. The Hall–Kier alpha value is -3.05. The maximum absolute atomic E-state index is 12.8. The van der Waals surface area contributed by atoms with Crippen LogP contribution < -0.4 is 10.6 Å². The van der Waals surface area contributed by atoms with E-state index in [2.05, 4.69) is 15.6 Å². The number of guanidine groups is 1. The summed E-state index contributed by atoms with van der Waals surface area (Å²) in [5.41, 5.74) is -3.16. The summed E-state index contributed by atoms with van der Waals surface area (Å²) >= 11 is 0. The molecule has 0 unspecified atom stereocenters. The van der Waals surface area contributed by atoms with Gasteiger partial charge < -0.3 is 24.3 Å². The first-order chi connectivity index (χ1) is 16.9. The van der Waals surface area contributed by atoms with Gasteiger partial charge in [-0.3, -0.25) is 10.3 Å². The van der Waals surface area contributed by atoms with E-state index in [1.54, 1.807) is 90.0 Å². The van der Waals surface area contributed by atoms with Crippen LogP contribution in [-0.4, -0.2) is 76.6 Å². The van der Waals surface area contributed by atoms with E-state index in [0.29, 0.717) is 0 Å². The number of esters is 1. The second kappa shape index (κ2) is 13.7. The highest BCUT2D eigenvalue weighted by Gasteiger charge is 2.30. The van der Waals surface area contributed by atoms with E-state index in [4.69, 9.17) is 18.9 Å². The molecule has 38 heavy (non-hydrogen) atoms. The van der Waals surface area contributed by atoms with Gasteiger partial charge in [-0.2, -0.15) is 0 Å². The molecule has 0 saturated carbocycles. The summed E-state index contributed by atoms with van der Waals surface area (Å²) in [4.78, 5) is 56.0. The van der Waals surface area contributed by atoms with Gasteiger partial charge in [-0.1, -0.05) is 0 Å². The topological polar surface area (TPSA) is 145 Å². The van der Waals surface area contributed by atoms with Gasteiger partial charge >= 0.3 is 24.2 Å². The smallest absolute Gasteiger partial charge is 0.417 e. The third-order valence-electron chi connectivity index (χ3n) is 3.86. The van der Waals surface area contributed by atoms with E-state index < -0.39 is 52.7 Å². The maximum Gasteiger partial charge on any atom is 0.417 e. The first-order valence-electron chi connectivity index (χ1n) is 12.7. The largest absolute Gasteiger partial charge is 0.458 e. The third kappa shape index (κ3) is 16.6. The number of nitrogens with one attached hydrogen (secondary N) is 2. The second-order valence-electron chi connectivity index (χ2n) is 12.6. The van der Waals surface area contributed by atoms with Crippen LogP contribution in [0.2, 0.25) is 0 Å². The zero-order valence-electron chi connectivity index (χ0n) is 25.4. The molecule has 0 rings (SSSR count). The van der Waals surface area contributed by atoms with E-state index in [1.807, 2.05) is 0 Å². The molecule has 12 heteroatoms. The number of rotatable bonds is 6. The molecular formula is C26H48N4O8. The van der Waals surface area contributed by atoms with Gasteiger partial charge in [0.25, 0.3) is 0 Å². The Morgan fingerprint density at radius 3 is 1.58 bits per heavy atom. The molecule has 0 radical (unpaired) electrons. The highest BCUT2D eigenvalue weighted by Crippen LogP contribution is 2.14. The Kier molecular flexibility index (Phi) is 12.6. The predicted octanol–water partition coefficient (Wildman–Crippen LogP) is 4.75. The highest BCUT2D eigenvalue weighted by atomic mass is 16.6. The molecule has 0 saturated heterocycles. The first-order valence-corrected chi connectivity index (χ1v) is 12.7. The average Bonchev–Trinajstić information content (AvgIpc) is 2.61. The van der Waals surface area contributed by atoms with Crippen molar-refractivity contribution in [1.82, 2.24) is 15.5 Å². The van der Waals surface area contributed by atoms with Crippen molar-refractivity contribution in [1.29, 1.82) is 0 Å². The van der Waals surface area contributed by atoms with Crippen LogP contribution >= 0.6 is 0 Å². The van der Waals surface area contributed by atoms with E-state index in [-0.39, 0.29) is 25.5 Å². The summed E-state index contributed by atoms with van der Waals surface area (Å²) in [5.74, 6) is -0.809. The number of aliphatic imine (C=N–C) groups is 1. The number of alkyl carbamates (subject to hydrolysis) is 2. The highest BCUT2D eigenvalue weighted by molar-refractivity contribution is 6.01. The summed E-state index contributed by atoms with van der Waals surface area (Å²) in [5, 5.41) is 5.01. The third-order valence-corrected chi connectivity index (χ3v) is 3.86. The van der Waals surface area contributed by atoms with E-state index >= 15 is 0 Å². The van der Waals surface area contributed by atoms with Crippen molar-refractivity contribution in [2.75, 3.05) is 13.1 Å². The average molecular weight is 545 g/mol. The van der Waals surface area contributed by atoms with Gasteiger partial charge in [0.2, 0.25) is 5.96 Å². The molecule has 0 aromatic heterocycles. The fourth-order valence-electron chi connectivity index (χ4n) is 2.64. The molecule has 0 aliphatic carbocycles. The molecule has 0 aromatic rings. The van der Waals surface area contributed by atoms with Crippen LogP contribution in [0, 0.1) is 0 Å². The minimum absolute atomic E-state index is 0.0144. The molecule has 0 heterocycles. The summed E-state index contributed by atoms with van der Waals surface area (Å²) in [6, 6.07) is -1.10. The van der Waals surface area contributed by atoms with Crippen molar-refractivity contribution in [3.05, 3.63) is 0 Å². The van der Waals surface area contributed by atoms with Gasteiger partial charge in [-0.05, 0) is 96.4 Å². The Labute approximate surface area is 227 Å². The van der Waals surface area contributed by atoms with Gasteiger partial charge in [-0.25, -0.2) is 24.1 Å². The van der Waals surface area contributed by atoms with Crippen molar-refractivity contribution < 1.29 is 38.1 Å². The van der Waals surface area contributed by atoms with E-state index in [1.165, 1.54) is 0 Å². The van der Waals surface area contributed by atoms with Crippen molar-refractivity contribution in [3.8, 4) is 0 Å². The lowest BCUT2D eigenvalue weighted by Gasteiger charge is -2.28. The number of hydrogen-bond acceptors (Lipinski definition) is 9. The number of carbonyl (C=O) groups is 4. The molecule has 12 nitrogen and oxygen atoms in total. The van der Waals surface area contributed by atoms with Crippen LogP contribution in [0.4, 0.5) is 14.4 Å². The van der Waals surface area contributed by atoms with Crippen molar-refractivity contribution in [3.63, 3.8) is 0 Å². The maximum atomic E-state index is 12.8. The SMILES string of the molecule is CCN(C(=O)OC(C)(C)C)C(=NCC[C@H](NC(=O)OC(C)(C)C)C(=O)OC(C)(C)C)NC(=O)OC(C)(C)C. The lowest BCUT2D eigenvalue weighted by molar-refractivity contribution is -0.157. The molecular weight excluding hydrogens is 496 g/mol. The van der Waals surface area contributed by atoms with Gasteiger partial charge in [0.15, 0.2) is 0 Å². The molecule has 0 fully saturated rings. The van der Waals surface area contributed by atoms with Crippen LogP contribution in [0.25, 0.3) is 0 Å². The quantitative estimate of drug-likeness (QED) is 0.211. The fourth-order valence-corrected chi connectivity index (χ4v) is 2.64. The molecule has 220 valence electrons. The van der Waals surface area contributed by atoms with Crippen molar-refractivity contribution in [2.45, 2.75) is 125 Å². The van der Waals surface area contributed by atoms with Gasteiger partial charge in [-0.15, -0.1) is 0 Å².